The minimum Gasteiger partial charge on any atom is -0.319 e. The Morgan fingerprint density at radius 2 is 1.68 bits per heavy atom. The first kappa shape index (κ1) is 18.6. The van der Waals surface area contributed by atoms with Crippen LogP contribution in [-0.2, 0) is 10.3 Å². The van der Waals surface area contributed by atoms with Crippen LogP contribution in [0, 0.1) is 3.57 Å². The van der Waals surface area contributed by atoms with Crippen LogP contribution in [0.5, 0.6) is 0 Å². The highest BCUT2D eigenvalue weighted by Crippen LogP contribution is 2.33. The van der Waals surface area contributed by atoms with Gasteiger partial charge in [-0.05, 0) is 58.0 Å². The summed E-state index contributed by atoms with van der Waals surface area (Å²) in [6, 6.07) is 19.9. The van der Waals surface area contributed by atoms with Crippen molar-refractivity contribution < 1.29 is 14.4 Å². The van der Waals surface area contributed by atoms with Gasteiger partial charge in [0, 0.05) is 9.13 Å². The summed E-state index contributed by atoms with van der Waals surface area (Å²) in [5.74, 6) is -0.699. The summed E-state index contributed by atoms with van der Waals surface area (Å²) in [6.45, 7) is 1.40. The number of nitrogens with one attached hydrogen (secondary N) is 1. The zero-order valence-electron chi connectivity index (χ0n) is 15.1. The van der Waals surface area contributed by atoms with E-state index in [1.807, 2.05) is 54.6 Å². The summed E-state index contributed by atoms with van der Waals surface area (Å²) in [6.07, 6.45) is 0. The molecule has 3 aromatic carbocycles. The maximum absolute atomic E-state index is 13.2. The number of Topliss-reactive ketones (excluding diaryl/α,β-unsaturated/α-hetero) is 1. The Balaban J connectivity index is 1.66. The molecule has 0 spiro atoms. The first-order valence-corrected chi connectivity index (χ1v) is 9.89. The summed E-state index contributed by atoms with van der Waals surface area (Å²) < 4.78 is 1.01. The number of hydrogen-bond donors (Lipinski definition) is 1. The molecule has 4 rings (SSSR count). The fourth-order valence-electron chi connectivity index (χ4n) is 3.56. The van der Waals surface area contributed by atoms with Gasteiger partial charge in [0.05, 0.1) is 6.54 Å². The summed E-state index contributed by atoms with van der Waals surface area (Å²) in [5.41, 5.74) is -0.0301. The molecule has 140 valence electrons. The van der Waals surface area contributed by atoms with Gasteiger partial charge in [-0.2, -0.15) is 0 Å². The molecule has 3 amide bonds. The van der Waals surface area contributed by atoms with Crippen molar-refractivity contribution in [2.24, 2.45) is 0 Å². The molecule has 5 nitrogen and oxygen atoms in total. The number of amides is 3. The molecule has 1 fully saturated rings. The van der Waals surface area contributed by atoms with Crippen molar-refractivity contribution in [1.29, 1.82) is 0 Å². The third-order valence-corrected chi connectivity index (χ3v) is 5.79. The Kier molecular flexibility index (Phi) is 4.66. The smallest absolute Gasteiger partial charge is 0.319 e. The van der Waals surface area contributed by atoms with Crippen molar-refractivity contribution >= 4 is 51.1 Å². The van der Waals surface area contributed by atoms with Gasteiger partial charge in [0.15, 0.2) is 5.78 Å². The van der Waals surface area contributed by atoms with Crippen LogP contribution in [0.1, 0.15) is 22.8 Å². The highest BCUT2D eigenvalue weighted by Gasteiger charge is 2.50. The Labute approximate surface area is 175 Å². The van der Waals surface area contributed by atoms with Crippen LogP contribution in [0.3, 0.4) is 0 Å². The maximum atomic E-state index is 13.2. The van der Waals surface area contributed by atoms with E-state index in [2.05, 4.69) is 27.9 Å². The van der Waals surface area contributed by atoms with E-state index < -0.39 is 17.5 Å². The molecule has 1 atom stereocenters. The van der Waals surface area contributed by atoms with Crippen LogP contribution in [0.15, 0.2) is 66.7 Å². The highest BCUT2D eigenvalue weighted by molar-refractivity contribution is 14.1. The predicted octanol–water partition coefficient (Wildman–Crippen LogP) is 4.09. The zero-order valence-corrected chi connectivity index (χ0v) is 17.3. The molecule has 0 aromatic heterocycles. The van der Waals surface area contributed by atoms with Crippen LogP contribution < -0.4 is 5.32 Å². The van der Waals surface area contributed by atoms with Gasteiger partial charge in [0.2, 0.25) is 0 Å². The molecule has 0 saturated carbocycles. The van der Waals surface area contributed by atoms with Crippen molar-refractivity contribution in [3.8, 4) is 0 Å². The van der Waals surface area contributed by atoms with E-state index in [0.717, 1.165) is 19.2 Å². The average molecular weight is 484 g/mol. The second kappa shape index (κ2) is 7.01. The van der Waals surface area contributed by atoms with Gasteiger partial charge in [-0.25, -0.2) is 4.79 Å². The summed E-state index contributed by atoms with van der Waals surface area (Å²) in [7, 11) is 0. The lowest BCUT2D eigenvalue weighted by Gasteiger charge is -2.24. The molecule has 0 aliphatic carbocycles. The van der Waals surface area contributed by atoms with Crippen molar-refractivity contribution in [1.82, 2.24) is 10.2 Å². The third kappa shape index (κ3) is 3.07. The number of nitrogens with zero attached hydrogens (tertiary/aromatic N) is 1. The lowest BCUT2D eigenvalue weighted by molar-refractivity contribution is -0.130. The Morgan fingerprint density at radius 3 is 2.43 bits per heavy atom. The minimum atomic E-state index is -1.22. The average Bonchev–Trinajstić information content (AvgIpc) is 2.92. The van der Waals surface area contributed by atoms with E-state index in [4.69, 9.17) is 0 Å². The van der Waals surface area contributed by atoms with E-state index in [0.29, 0.717) is 11.1 Å². The normalized spacial score (nSPS) is 19.1. The molecule has 28 heavy (non-hydrogen) atoms. The maximum Gasteiger partial charge on any atom is 0.325 e. The molecule has 1 aliphatic heterocycles. The van der Waals surface area contributed by atoms with Crippen molar-refractivity contribution in [3.63, 3.8) is 0 Å². The molecule has 1 aliphatic rings. The summed E-state index contributed by atoms with van der Waals surface area (Å²) >= 11 is 2.15. The fraction of sp³-hybridized carbons (Fsp3) is 0.136. The fourth-order valence-corrected chi connectivity index (χ4v) is 3.91. The molecular formula is C22H17IN2O3. The van der Waals surface area contributed by atoms with Crippen LogP contribution in [0.2, 0.25) is 0 Å². The molecular weight excluding hydrogens is 467 g/mol. The molecule has 6 heteroatoms. The summed E-state index contributed by atoms with van der Waals surface area (Å²) in [4.78, 5) is 39.4. The van der Waals surface area contributed by atoms with Crippen LogP contribution in [-0.4, -0.2) is 29.2 Å². The molecule has 1 saturated heterocycles. The number of imide groups is 1. The van der Waals surface area contributed by atoms with E-state index in [1.54, 1.807) is 19.1 Å². The van der Waals surface area contributed by atoms with E-state index >= 15 is 0 Å². The van der Waals surface area contributed by atoms with Gasteiger partial charge >= 0.3 is 6.03 Å². The first-order chi connectivity index (χ1) is 13.4. The lowest BCUT2D eigenvalue weighted by atomic mass is 9.88. The predicted molar refractivity (Wildman–Crippen MR) is 115 cm³/mol. The lowest BCUT2D eigenvalue weighted by Crippen LogP contribution is -2.41. The summed E-state index contributed by atoms with van der Waals surface area (Å²) in [5, 5.41) is 4.67. The van der Waals surface area contributed by atoms with Gasteiger partial charge < -0.3 is 5.32 Å². The number of urea groups is 1. The van der Waals surface area contributed by atoms with Crippen LogP contribution >= 0.6 is 22.6 Å². The van der Waals surface area contributed by atoms with E-state index in [9.17, 15) is 14.4 Å². The standard InChI is InChI=1S/C22H17IN2O3/c1-22(18-8-4-6-14-5-2-3-7-17(14)18)20(27)25(21(28)24-22)13-19(26)15-9-11-16(23)12-10-15/h2-12H,13H2,1H3,(H,24,28). The van der Waals surface area contributed by atoms with Gasteiger partial charge in [0.1, 0.15) is 5.54 Å². The highest BCUT2D eigenvalue weighted by atomic mass is 127. The number of carbonyl (C=O) groups is 3. The quantitative estimate of drug-likeness (QED) is 0.345. The van der Waals surface area contributed by atoms with Crippen molar-refractivity contribution in [3.05, 3.63) is 81.4 Å². The number of rotatable bonds is 4. The van der Waals surface area contributed by atoms with Gasteiger partial charge in [-0.15, -0.1) is 0 Å². The molecule has 1 unspecified atom stereocenters. The Morgan fingerprint density at radius 1 is 1.00 bits per heavy atom. The SMILES string of the molecule is CC1(c2cccc3ccccc23)NC(=O)N(CC(=O)c2ccc(I)cc2)C1=O. The molecule has 0 radical (unpaired) electrons. The van der Waals surface area contributed by atoms with Crippen LogP contribution in [0.25, 0.3) is 10.8 Å². The number of fused-ring (bicyclic) bond motifs is 1. The number of hydrogen-bond acceptors (Lipinski definition) is 3. The number of benzene rings is 3. The topological polar surface area (TPSA) is 66.5 Å². The molecule has 1 heterocycles. The minimum absolute atomic E-state index is 0.276. The first-order valence-electron chi connectivity index (χ1n) is 8.81. The van der Waals surface area contributed by atoms with E-state index in [1.165, 1.54) is 0 Å². The van der Waals surface area contributed by atoms with Crippen molar-refractivity contribution in [2.75, 3.05) is 6.54 Å². The number of ketones is 1. The number of halogens is 1. The largest absolute Gasteiger partial charge is 0.325 e. The molecule has 0 bridgehead atoms. The Hall–Kier alpha value is -2.74. The van der Waals surface area contributed by atoms with Crippen molar-refractivity contribution in [2.45, 2.75) is 12.5 Å². The number of carbonyl (C=O) groups excluding carboxylic acids is 3. The van der Waals surface area contributed by atoms with Crippen LogP contribution in [0.4, 0.5) is 4.79 Å². The Bertz CT molecular complexity index is 1100. The second-order valence-corrected chi connectivity index (χ2v) is 8.15. The van der Waals surface area contributed by atoms with E-state index in [-0.39, 0.29) is 12.3 Å². The molecule has 1 N–H and O–H groups in total. The van der Waals surface area contributed by atoms with Gasteiger partial charge in [-0.3, -0.25) is 14.5 Å². The second-order valence-electron chi connectivity index (χ2n) is 6.90. The van der Waals surface area contributed by atoms with Gasteiger partial charge in [-0.1, -0.05) is 54.6 Å². The third-order valence-electron chi connectivity index (χ3n) is 5.07. The zero-order chi connectivity index (χ0) is 19.9. The monoisotopic (exact) mass is 484 g/mol. The van der Waals surface area contributed by atoms with Gasteiger partial charge in [0.25, 0.3) is 5.91 Å². The molecule has 3 aromatic rings.